The third-order valence-electron chi connectivity index (χ3n) is 0. The van der Waals surface area contributed by atoms with Crippen molar-refractivity contribution in [3.63, 3.8) is 0 Å². The van der Waals surface area contributed by atoms with Crippen molar-refractivity contribution in [1.82, 2.24) is 0 Å². The molecule has 0 aliphatic heterocycles. The van der Waals surface area contributed by atoms with Gasteiger partial charge in [-0.25, -0.2) is 0 Å². The molecule has 5 heavy (non-hydrogen) atoms. The second kappa shape index (κ2) is 34.0. The monoisotopic (exact) mass is 468 g/mol. The summed E-state index contributed by atoms with van der Waals surface area (Å²) in [5, 5.41) is 0. The van der Waals surface area contributed by atoms with Crippen molar-refractivity contribution in [2.45, 2.75) is 0 Å². The van der Waals surface area contributed by atoms with Crippen LogP contribution in [0, 0.1) is 0 Å². The predicted molar refractivity (Wildman–Crippen MR) is 4.30 cm³/mol. The molecule has 0 aliphatic rings. The normalized spacial score (nSPS) is 0. The first-order chi connectivity index (χ1) is 0. The molecule has 0 radical (unpaired) electrons. The van der Waals surface area contributed by atoms with Crippen LogP contribution in [0.4, 0.5) is 0 Å². The maximum atomic E-state index is 0. The molecule has 0 aliphatic carbocycles. The third-order valence-corrected chi connectivity index (χ3v) is 0. The standard InChI is InChI=1S/Hf.2HI.H2O.O/h;2*1H;1H2;/q+4;;;;-2/p-2. The van der Waals surface area contributed by atoms with Crippen LogP contribution in [0.25, 0.3) is 0 Å². The van der Waals surface area contributed by atoms with Gasteiger partial charge in [0.25, 0.3) is 0 Å². The fraction of sp³-hybridized carbons (Fsp3) is 0. The Hall–Kier alpha value is 2.25. The smallest absolute Gasteiger partial charge is 2.00 e. The topological polar surface area (TPSA) is 60.0 Å². The summed E-state index contributed by atoms with van der Waals surface area (Å²) in [6.07, 6.45) is 0. The van der Waals surface area contributed by atoms with E-state index in [1.54, 1.807) is 0 Å². The van der Waals surface area contributed by atoms with E-state index in [-0.39, 0.29) is 84.7 Å². The summed E-state index contributed by atoms with van der Waals surface area (Å²) in [4.78, 5) is 0. The zero-order chi connectivity index (χ0) is 0. The van der Waals surface area contributed by atoms with E-state index in [4.69, 9.17) is 0 Å². The SMILES string of the molecule is O.[Hf+4].[I-].[I-].[O-2]. The molecule has 0 rings (SSSR count). The summed E-state index contributed by atoms with van der Waals surface area (Å²) in [6.45, 7) is 0. The van der Waals surface area contributed by atoms with Crippen LogP contribution in [0.2, 0.25) is 0 Å². The second-order valence-electron chi connectivity index (χ2n) is 0. The minimum atomic E-state index is 0. The van der Waals surface area contributed by atoms with Crippen LogP contribution in [0.1, 0.15) is 0 Å². The van der Waals surface area contributed by atoms with E-state index in [2.05, 4.69) is 0 Å². The second-order valence-corrected chi connectivity index (χ2v) is 0. The van der Waals surface area contributed by atoms with Crippen molar-refractivity contribution in [3.8, 4) is 0 Å². The van der Waals surface area contributed by atoms with E-state index in [0.29, 0.717) is 0 Å². The molecule has 0 saturated heterocycles. The molecule has 5 heteroatoms. The van der Waals surface area contributed by atoms with Crippen LogP contribution in [-0.4, -0.2) is 5.48 Å². The van der Waals surface area contributed by atoms with Crippen molar-refractivity contribution in [3.05, 3.63) is 0 Å². The molecule has 0 saturated carbocycles. The van der Waals surface area contributed by atoms with E-state index < -0.39 is 0 Å². The van der Waals surface area contributed by atoms with E-state index in [0.717, 1.165) is 0 Å². The summed E-state index contributed by atoms with van der Waals surface area (Å²) in [5.74, 6) is 0. The van der Waals surface area contributed by atoms with Gasteiger partial charge in [-0.3, -0.25) is 0 Å². The van der Waals surface area contributed by atoms with Gasteiger partial charge < -0.3 is 58.9 Å². The first-order valence-electron chi connectivity index (χ1n) is 0. The molecule has 0 aromatic carbocycles. The molecule has 0 aromatic rings. The van der Waals surface area contributed by atoms with Crippen LogP contribution < -0.4 is 48.0 Å². The minimum Gasteiger partial charge on any atom is -2.00 e. The molecule has 32 valence electrons. The Labute approximate surface area is 83.5 Å². The zero-order valence-electron chi connectivity index (χ0n) is 2.16. The first-order valence-corrected chi connectivity index (χ1v) is 0. The number of rotatable bonds is 0. The fourth-order valence-electron chi connectivity index (χ4n) is 0. The maximum absolute atomic E-state index is 0. The number of hydrogen-bond acceptors (Lipinski definition) is 0. The van der Waals surface area contributed by atoms with Crippen LogP contribution in [0.15, 0.2) is 0 Å². The molecule has 0 aromatic heterocycles. The molecule has 0 bridgehead atoms. The Morgan fingerprint density at radius 1 is 0.800 bits per heavy atom. The van der Waals surface area contributed by atoms with Crippen LogP contribution in [0.5, 0.6) is 0 Å². The molecule has 0 atom stereocenters. The zero-order valence-corrected chi connectivity index (χ0v) is 10.1. The summed E-state index contributed by atoms with van der Waals surface area (Å²) in [6, 6.07) is 0. The molecular formula is H2HfI2O2. The third kappa shape index (κ3) is 22.3. The Morgan fingerprint density at radius 3 is 0.800 bits per heavy atom. The molecule has 0 heterocycles. The van der Waals surface area contributed by atoms with Gasteiger partial charge in [0, 0.05) is 0 Å². The van der Waals surface area contributed by atoms with Crippen molar-refractivity contribution in [2.75, 3.05) is 0 Å². The van der Waals surface area contributed by atoms with Crippen LogP contribution in [0.3, 0.4) is 0 Å². The average molecular weight is 466 g/mol. The predicted octanol–water partition coefficient (Wildman–Crippen LogP) is -6.94. The Bertz CT molecular complexity index is 7.61. The molecular weight excluding hydrogens is 464 g/mol. The average Bonchev–Trinajstić information content (AvgIpc) is 0. The fourth-order valence-corrected chi connectivity index (χ4v) is 0. The maximum Gasteiger partial charge on any atom is 4.00 e. The van der Waals surface area contributed by atoms with Crippen molar-refractivity contribution >= 4 is 0 Å². The van der Waals surface area contributed by atoms with Gasteiger partial charge in [-0.2, -0.15) is 0 Å². The summed E-state index contributed by atoms with van der Waals surface area (Å²) < 4.78 is 0. The van der Waals surface area contributed by atoms with E-state index in [1.165, 1.54) is 0 Å². The quantitative estimate of drug-likeness (QED) is 0.252. The Kier molecular flexibility index (Phi) is 381. The largest absolute Gasteiger partial charge is 4.00 e. The number of hydrogen-bond donors (Lipinski definition) is 0. The van der Waals surface area contributed by atoms with E-state index in [9.17, 15) is 0 Å². The van der Waals surface area contributed by atoms with Gasteiger partial charge in [-0.15, -0.1) is 0 Å². The van der Waals surface area contributed by atoms with Crippen LogP contribution >= 0.6 is 0 Å². The Balaban J connectivity index is 0. The summed E-state index contributed by atoms with van der Waals surface area (Å²) in [7, 11) is 0. The molecule has 0 unspecified atom stereocenters. The summed E-state index contributed by atoms with van der Waals surface area (Å²) >= 11 is 0. The van der Waals surface area contributed by atoms with Gasteiger partial charge in [-0.05, 0) is 0 Å². The number of halogens is 2. The van der Waals surface area contributed by atoms with Gasteiger partial charge >= 0.3 is 25.8 Å². The molecule has 2 N–H and O–H groups in total. The van der Waals surface area contributed by atoms with E-state index in [1.807, 2.05) is 0 Å². The van der Waals surface area contributed by atoms with Gasteiger partial charge in [0.05, 0.1) is 0 Å². The van der Waals surface area contributed by atoms with Crippen molar-refractivity contribution in [2.24, 2.45) is 0 Å². The van der Waals surface area contributed by atoms with Crippen molar-refractivity contribution in [1.29, 1.82) is 0 Å². The Morgan fingerprint density at radius 2 is 0.800 bits per heavy atom. The van der Waals surface area contributed by atoms with Crippen molar-refractivity contribution < 1.29 is 84.7 Å². The molecule has 0 spiro atoms. The van der Waals surface area contributed by atoms with Gasteiger partial charge in [0.1, 0.15) is 0 Å². The van der Waals surface area contributed by atoms with Gasteiger partial charge in [0.15, 0.2) is 0 Å². The molecule has 0 fully saturated rings. The molecule has 0 amide bonds. The van der Waals surface area contributed by atoms with E-state index >= 15 is 0 Å². The summed E-state index contributed by atoms with van der Waals surface area (Å²) in [5.41, 5.74) is 0. The first kappa shape index (κ1) is 55.9. The van der Waals surface area contributed by atoms with Crippen LogP contribution in [-0.2, 0) is 31.3 Å². The minimum absolute atomic E-state index is 0. The van der Waals surface area contributed by atoms with Gasteiger partial charge in [-0.1, -0.05) is 0 Å². The van der Waals surface area contributed by atoms with Gasteiger partial charge in [0.2, 0.25) is 0 Å². The molecule has 2 nitrogen and oxygen atoms in total.